The SMILES string of the molecule is Cc1cc(C2(CN)CCC(O)CC2)c(C)[nH]1. The van der Waals surface area contributed by atoms with Crippen molar-refractivity contribution in [1.29, 1.82) is 0 Å². The van der Waals surface area contributed by atoms with E-state index in [1.165, 1.54) is 17.0 Å². The summed E-state index contributed by atoms with van der Waals surface area (Å²) in [6.07, 6.45) is 3.63. The topological polar surface area (TPSA) is 62.0 Å². The second-order valence-electron chi connectivity index (χ2n) is 5.21. The monoisotopic (exact) mass is 222 g/mol. The van der Waals surface area contributed by atoms with Crippen LogP contribution in [0.3, 0.4) is 0 Å². The predicted molar refractivity (Wildman–Crippen MR) is 65.5 cm³/mol. The predicted octanol–water partition coefficient (Wildman–Crippen LogP) is 1.76. The third kappa shape index (κ3) is 1.89. The summed E-state index contributed by atoms with van der Waals surface area (Å²) >= 11 is 0. The largest absolute Gasteiger partial charge is 0.393 e. The van der Waals surface area contributed by atoms with Crippen LogP contribution in [-0.4, -0.2) is 22.7 Å². The van der Waals surface area contributed by atoms with Crippen molar-refractivity contribution in [3.05, 3.63) is 23.0 Å². The fourth-order valence-corrected chi connectivity index (χ4v) is 3.01. The smallest absolute Gasteiger partial charge is 0.0541 e. The molecule has 0 saturated heterocycles. The van der Waals surface area contributed by atoms with Crippen LogP contribution < -0.4 is 5.73 Å². The van der Waals surface area contributed by atoms with E-state index in [4.69, 9.17) is 5.73 Å². The molecule has 0 atom stereocenters. The molecule has 1 aromatic rings. The minimum Gasteiger partial charge on any atom is -0.393 e. The van der Waals surface area contributed by atoms with Gasteiger partial charge in [-0.2, -0.15) is 0 Å². The van der Waals surface area contributed by atoms with Crippen LogP contribution in [0.2, 0.25) is 0 Å². The van der Waals surface area contributed by atoms with E-state index >= 15 is 0 Å². The number of aromatic nitrogens is 1. The molecule has 0 bridgehead atoms. The first kappa shape index (κ1) is 11.7. The molecule has 0 radical (unpaired) electrons. The Labute approximate surface area is 97.1 Å². The molecule has 0 amide bonds. The highest BCUT2D eigenvalue weighted by Crippen LogP contribution is 2.40. The summed E-state index contributed by atoms with van der Waals surface area (Å²) in [4.78, 5) is 3.36. The molecule has 0 unspecified atom stereocenters. The second-order valence-corrected chi connectivity index (χ2v) is 5.21. The van der Waals surface area contributed by atoms with Crippen LogP contribution in [0.25, 0.3) is 0 Å². The van der Waals surface area contributed by atoms with E-state index in [1.807, 2.05) is 0 Å². The molecule has 1 aromatic heterocycles. The first-order chi connectivity index (χ1) is 7.57. The van der Waals surface area contributed by atoms with Gasteiger partial charge in [0.1, 0.15) is 0 Å². The number of aliphatic hydroxyl groups is 1. The van der Waals surface area contributed by atoms with Gasteiger partial charge in [0.15, 0.2) is 0 Å². The van der Waals surface area contributed by atoms with Crippen LogP contribution in [0.1, 0.15) is 42.6 Å². The first-order valence-corrected chi connectivity index (χ1v) is 6.12. The molecule has 1 fully saturated rings. The zero-order chi connectivity index (χ0) is 11.8. The van der Waals surface area contributed by atoms with E-state index in [0.717, 1.165) is 25.7 Å². The fraction of sp³-hybridized carbons (Fsp3) is 0.692. The highest BCUT2D eigenvalue weighted by Gasteiger charge is 2.36. The van der Waals surface area contributed by atoms with Crippen LogP contribution in [-0.2, 0) is 5.41 Å². The Balaban J connectivity index is 2.31. The van der Waals surface area contributed by atoms with Crippen LogP contribution in [0.5, 0.6) is 0 Å². The molecule has 3 nitrogen and oxygen atoms in total. The number of nitrogens with two attached hydrogens (primary N) is 1. The maximum Gasteiger partial charge on any atom is 0.0541 e. The van der Waals surface area contributed by atoms with Crippen molar-refractivity contribution in [2.24, 2.45) is 5.73 Å². The van der Waals surface area contributed by atoms with Crippen LogP contribution in [0, 0.1) is 13.8 Å². The van der Waals surface area contributed by atoms with E-state index in [0.29, 0.717) is 6.54 Å². The third-order valence-electron chi connectivity index (χ3n) is 4.02. The molecule has 2 rings (SSSR count). The van der Waals surface area contributed by atoms with Gasteiger partial charge in [0.2, 0.25) is 0 Å². The number of hydrogen-bond acceptors (Lipinski definition) is 2. The van der Waals surface area contributed by atoms with E-state index < -0.39 is 0 Å². The molecule has 4 N–H and O–H groups in total. The number of nitrogens with one attached hydrogen (secondary N) is 1. The standard InChI is InChI=1S/C13H22N2O/c1-9-7-12(10(2)15-9)13(8-14)5-3-11(16)4-6-13/h7,11,15-16H,3-6,8,14H2,1-2H3. The second kappa shape index (κ2) is 4.22. The maximum atomic E-state index is 9.61. The molecular weight excluding hydrogens is 200 g/mol. The Hall–Kier alpha value is -0.800. The number of aliphatic hydroxyl groups excluding tert-OH is 1. The van der Waals surface area contributed by atoms with Gasteiger partial charge in [0.05, 0.1) is 6.10 Å². The Bertz CT molecular complexity index is 362. The molecule has 0 aromatic carbocycles. The van der Waals surface area contributed by atoms with Crippen molar-refractivity contribution < 1.29 is 5.11 Å². The lowest BCUT2D eigenvalue weighted by Crippen LogP contribution is -2.40. The molecule has 0 spiro atoms. The zero-order valence-corrected chi connectivity index (χ0v) is 10.2. The summed E-state index contributed by atoms with van der Waals surface area (Å²) in [6, 6.07) is 2.22. The summed E-state index contributed by atoms with van der Waals surface area (Å²) in [5, 5.41) is 9.61. The quantitative estimate of drug-likeness (QED) is 0.714. The van der Waals surface area contributed by atoms with Crippen molar-refractivity contribution in [3.8, 4) is 0 Å². The van der Waals surface area contributed by atoms with Gasteiger partial charge in [-0.3, -0.25) is 0 Å². The van der Waals surface area contributed by atoms with Crippen molar-refractivity contribution in [3.63, 3.8) is 0 Å². The highest BCUT2D eigenvalue weighted by molar-refractivity contribution is 5.33. The average Bonchev–Trinajstić information content (AvgIpc) is 2.60. The molecule has 3 heteroatoms. The summed E-state index contributed by atoms with van der Waals surface area (Å²) < 4.78 is 0. The zero-order valence-electron chi connectivity index (χ0n) is 10.2. The lowest BCUT2D eigenvalue weighted by Gasteiger charge is -2.38. The minimum absolute atomic E-state index is 0.0913. The van der Waals surface area contributed by atoms with Gasteiger partial charge in [0.25, 0.3) is 0 Å². The van der Waals surface area contributed by atoms with E-state index in [-0.39, 0.29) is 11.5 Å². The van der Waals surface area contributed by atoms with Gasteiger partial charge in [-0.05, 0) is 51.2 Å². The van der Waals surface area contributed by atoms with Gasteiger partial charge >= 0.3 is 0 Å². The van der Waals surface area contributed by atoms with Crippen LogP contribution in [0.15, 0.2) is 6.07 Å². The van der Waals surface area contributed by atoms with Gasteiger partial charge in [0, 0.05) is 23.3 Å². The molecule has 16 heavy (non-hydrogen) atoms. The Morgan fingerprint density at radius 1 is 1.44 bits per heavy atom. The minimum atomic E-state index is -0.125. The van der Waals surface area contributed by atoms with Crippen molar-refractivity contribution in [2.45, 2.75) is 51.0 Å². The normalized spacial score (nSPS) is 30.6. The van der Waals surface area contributed by atoms with Crippen molar-refractivity contribution >= 4 is 0 Å². The number of H-pyrrole nitrogens is 1. The summed E-state index contributed by atoms with van der Waals surface area (Å²) in [6.45, 7) is 4.88. The van der Waals surface area contributed by atoms with Gasteiger partial charge in [-0.15, -0.1) is 0 Å². The molecule has 90 valence electrons. The molecule has 1 aliphatic carbocycles. The summed E-state index contributed by atoms with van der Waals surface area (Å²) in [7, 11) is 0. The van der Waals surface area contributed by atoms with Gasteiger partial charge in [-0.25, -0.2) is 0 Å². The number of rotatable bonds is 2. The number of aromatic amines is 1. The van der Waals surface area contributed by atoms with E-state index in [9.17, 15) is 5.11 Å². The molecule has 1 aliphatic rings. The fourth-order valence-electron chi connectivity index (χ4n) is 3.01. The van der Waals surface area contributed by atoms with Gasteiger partial charge in [-0.1, -0.05) is 0 Å². The van der Waals surface area contributed by atoms with E-state index in [1.54, 1.807) is 0 Å². The Morgan fingerprint density at radius 2 is 2.06 bits per heavy atom. The Morgan fingerprint density at radius 3 is 2.50 bits per heavy atom. The first-order valence-electron chi connectivity index (χ1n) is 6.12. The van der Waals surface area contributed by atoms with Crippen LogP contribution in [0.4, 0.5) is 0 Å². The van der Waals surface area contributed by atoms with Crippen molar-refractivity contribution in [1.82, 2.24) is 4.98 Å². The van der Waals surface area contributed by atoms with E-state index in [2.05, 4.69) is 24.9 Å². The number of hydrogen-bond donors (Lipinski definition) is 3. The summed E-state index contributed by atoms with van der Waals surface area (Å²) in [5.41, 5.74) is 9.89. The molecule has 1 saturated carbocycles. The Kier molecular flexibility index (Phi) is 3.08. The lowest BCUT2D eigenvalue weighted by molar-refractivity contribution is 0.0973. The number of aryl methyl sites for hydroxylation is 2. The maximum absolute atomic E-state index is 9.61. The lowest BCUT2D eigenvalue weighted by atomic mass is 9.68. The summed E-state index contributed by atoms with van der Waals surface area (Å²) in [5.74, 6) is 0. The van der Waals surface area contributed by atoms with Gasteiger partial charge < -0.3 is 15.8 Å². The van der Waals surface area contributed by atoms with Crippen LogP contribution >= 0.6 is 0 Å². The van der Waals surface area contributed by atoms with Crippen molar-refractivity contribution in [2.75, 3.05) is 6.54 Å². The molecule has 1 heterocycles. The average molecular weight is 222 g/mol. The molecule has 0 aliphatic heterocycles. The highest BCUT2D eigenvalue weighted by atomic mass is 16.3. The third-order valence-corrected chi connectivity index (χ3v) is 4.02. The molecular formula is C13H22N2O.